The molecular weight excluding hydrogens is 463 g/mol. The number of thioether (sulfide) groups is 1. The molecule has 32 heavy (non-hydrogen) atoms. The van der Waals surface area contributed by atoms with Crippen molar-refractivity contribution in [3.05, 3.63) is 64.1 Å². The zero-order chi connectivity index (χ0) is 22.9. The number of rotatable bonds is 9. The van der Waals surface area contributed by atoms with E-state index in [1.54, 1.807) is 22.7 Å². The Morgan fingerprint density at radius 3 is 2.47 bits per heavy atom. The maximum absolute atomic E-state index is 13.2. The highest BCUT2D eigenvalue weighted by molar-refractivity contribution is 7.99. The molecule has 2 aromatic rings. The predicted molar refractivity (Wildman–Crippen MR) is 133 cm³/mol. The lowest BCUT2D eigenvalue weighted by Crippen LogP contribution is -2.50. The summed E-state index contributed by atoms with van der Waals surface area (Å²) in [6, 6.07) is 14.7. The van der Waals surface area contributed by atoms with Gasteiger partial charge in [0, 0.05) is 39.7 Å². The Kier molecular flexibility index (Phi) is 9.76. The van der Waals surface area contributed by atoms with E-state index in [-0.39, 0.29) is 17.9 Å². The number of nitrogens with one attached hydrogen (secondary N) is 1. The van der Waals surface area contributed by atoms with E-state index in [2.05, 4.69) is 5.32 Å². The van der Waals surface area contributed by atoms with Crippen LogP contribution in [0.2, 0.25) is 10.0 Å². The van der Waals surface area contributed by atoms with Crippen LogP contribution >= 0.6 is 35.0 Å². The van der Waals surface area contributed by atoms with E-state index in [9.17, 15) is 9.59 Å². The molecule has 1 atom stereocenters. The van der Waals surface area contributed by atoms with Crippen LogP contribution in [0.25, 0.3) is 0 Å². The molecule has 4 nitrogen and oxygen atoms in total. The monoisotopic (exact) mass is 492 g/mol. The minimum absolute atomic E-state index is 0.0438. The van der Waals surface area contributed by atoms with Crippen molar-refractivity contribution in [2.75, 3.05) is 5.75 Å². The second-order valence-electron chi connectivity index (χ2n) is 8.22. The first-order valence-corrected chi connectivity index (χ1v) is 12.9. The molecule has 0 aliphatic heterocycles. The predicted octanol–water partition coefficient (Wildman–Crippen LogP) is 6.34. The van der Waals surface area contributed by atoms with E-state index in [4.69, 9.17) is 23.2 Å². The number of nitrogens with zero attached hydrogens (tertiary/aromatic N) is 1. The summed E-state index contributed by atoms with van der Waals surface area (Å²) in [5, 5.41) is 4.47. The Morgan fingerprint density at radius 1 is 1.06 bits per heavy atom. The minimum atomic E-state index is -0.552. The molecule has 1 N–H and O–H groups in total. The quantitative estimate of drug-likeness (QED) is 0.415. The van der Waals surface area contributed by atoms with Crippen molar-refractivity contribution in [3.63, 3.8) is 0 Å². The van der Waals surface area contributed by atoms with E-state index in [1.165, 1.54) is 6.42 Å². The molecular formula is C25H30Cl2N2O2S. The fraction of sp³-hybridized carbons (Fsp3) is 0.440. The molecule has 1 aliphatic carbocycles. The normalized spacial score (nSPS) is 15.2. The van der Waals surface area contributed by atoms with Gasteiger partial charge in [0.1, 0.15) is 6.04 Å². The van der Waals surface area contributed by atoms with E-state index in [0.717, 1.165) is 36.1 Å². The fourth-order valence-electron chi connectivity index (χ4n) is 3.91. The summed E-state index contributed by atoms with van der Waals surface area (Å²) in [4.78, 5) is 28.9. The lowest BCUT2D eigenvalue weighted by atomic mass is 9.95. The van der Waals surface area contributed by atoms with Crippen molar-refractivity contribution in [2.45, 2.75) is 69.0 Å². The largest absolute Gasteiger partial charge is 0.352 e. The molecule has 2 amide bonds. The van der Waals surface area contributed by atoms with Crippen LogP contribution in [-0.4, -0.2) is 34.6 Å². The van der Waals surface area contributed by atoms with E-state index < -0.39 is 6.04 Å². The average molecular weight is 494 g/mol. The average Bonchev–Trinajstić information content (AvgIpc) is 2.79. The second kappa shape index (κ2) is 12.5. The molecule has 0 radical (unpaired) electrons. The number of hydrogen-bond donors (Lipinski definition) is 1. The summed E-state index contributed by atoms with van der Waals surface area (Å²) in [7, 11) is 0. The van der Waals surface area contributed by atoms with Crippen LogP contribution in [0.5, 0.6) is 0 Å². The Hall–Kier alpha value is -1.69. The van der Waals surface area contributed by atoms with Crippen LogP contribution in [0.15, 0.2) is 53.4 Å². The lowest BCUT2D eigenvalue weighted by molar-refractivity contribution is -0.140. The van der Waals surface area contributed by atoms with Gasteiger partial charge in [-0.3, -0.25) is 9.59 Å². The summed E-state index contributed by atoms with van der Waals surface area (Å²) in [5.41, 5.74) is 0.911. The van der Waals surface area contributed by atoms with Crippen LogP contribution in [0.3, 0.4) is 0 Å². The molecule has 3 rings (SSSR count). The van der Waals surface area contributed by atoms with Gasteiger partial charge < -0.3 is 10.2 Å². The number of carbonyl (C=O) groups is 2. The number of amides is 2. The van der Waals surface area contributed by atoms with Crippen LogP contribution in [0.1, 0.15) is 51.0 Å². The third-order valence-corrected chi connectivity index (χ3v) is 7.26. The van der Waals surface area contributed by atoms with Crippen molar-refractivity contribution >= 4 is 46.8 Å². The summed E-state index contributed by atoms with van der Waals surface area (Å²) in [6.07, 6.45) is 5.89. The first kappa shape index (κ1) is 24.9. The van der Waals surface area contributed by atoms with Crippen molar-refractivity contribution < 1.29 is 9.59 Å². The van der Waals surface area contributed by atoms with Crippen molar-refractivity contribution in [3.8, 4) is 0 Å². The van der Waals surface area contributed by atoms with Gasteiger partial charge in [0.25, 0.3) is 0 Å². The first-order chi connectivity index (χ1) is 15.4. The van der Waals surface area contributed by atoms with Crippen LogP contribution < -0.4 is 5.32 Å². The molecule has 7 heteroatoms. The van der Waals surface area contributed by atoms with Crippen molar-refractivity contribution in [1.82, 2.24) is 10.2 Å². The second-order valence-corrected chi connectivity index (χ2v) is 10.3. The van der Waals surface area contributed by atoms with Crippen molar-refractivity contribution in [2.24, 2.45) is 0 Å². The zero-order valence-corrected chi connectivity index (χ0v) is 20.7. The van der Waals surface area contributed by atoms with Gasteiger partial charge in [-0.25, -0.2) is 0 Å². The Labute approximate surface area is 205 Å². The number of carbonyl (C=O) groups excluding carboxylic acids is 2. The van der Waals surface area contributed by atoms with Gasteiger partial charge in [-0.15, -0.1) is 11.8 Å². The molecule has 0 spiro atoms. The summed E-state index contributed by atoms with van der Waals surface area (Å²) in [6.45, 7) is 2.16. The first-order valence-electron chi connectivity index (χ1n) is 11.1. The molecule has 0 heterocycles. The lowest BCUT2D eigenvalue weighted by Gasteiger charge is -2.31. The van der Waals surface area contributed by atoms with E-state index in [1.807, 2.05) is 49.4 Å². The van der Waals surface area contributed by atoms with Gasteiger partial charge in [-0.1, -0.05) is 54.6 Å². The van der Waals surface area contributed by atoms with Crippen molar-refractivity contribution in [1.29, 1.82) is 0 Å². The standard InChI is InChI=1S/C25H30Cl2N2O2S/c1-18(25(31)28-22-8-3-2-4-9-22)29(17-19-6-5-7-21(27)16-19)24(30)14-15-32-23-12-10-20(26)11-13-23/h5-7,10-13,16,18,22H,2-4,8-9,14-15,17H2,1H3,(H,28,31). The summed E-state index contributed by atoms with van der Waals surface area (Å²) < 4.78 is 0. The third-order valence-electron chi connectivity index (χ3n) is 5.76. The SMILES string of the molecule is CC(C(=O)NC1CCCCC1)N(Cc1cccc(Cl)c1)C(=O)CCSc1ccc(Cl)cc1. The molecule has 1 saturated carbocycles. The Balaban J connectivity index is 1.64. The molecule has 0 aromatic heterocycles. The van der Waals surface area contributed by atoms with Gasteiger partial charge in [0.15, 0.2) is 0 Å². The molecule has 2 aromatic carbocycles. The topological polar surface area (TPSA) is 49.4 Å². The molecule has 1 unspecified atom stereocenters. The highest BCUT2D eigenvalue weighted by Crippen LogP contribution is 2.23. The maximum Gasteiger partial charge on any atom is 0.242 e. The highest BCUT2D eigenvalue weighted by Gasteiger charge is 2.28. The van der Waals surface area contributed by atoms with E-state index in [0.29, 0.717) is 28.8 Å². The Morgan fingerprint density at radius 2 is 1.78 bits per heavy atom. The van der Waals surface area contributed by atoms with Gasteiger partial charge in [0.2, 0.25) is 11.8 Å². The summed E-state index contributed by atoms with van der Waals surface area (Å²) in [5.74, 6) is 0.499. The minimum Gasteiger partial charge on any atom is -0.352 e. The number of benzene rings is 2. The third kappa shape index (κ3) is 7.72. The number of hydrogen-bond acceptors (Lipinski definition) is 3. The van der Waals surface area contributed by atoms with Gasteiger partial charge in [-0.2, -0.15) is 0 Å². The van der Waals surface area contributed by atoms with Gasteiger partial charge >= 0.3 is 0 Å². The fourth-order valence-corrected chi connectivity index (χ4v) is 5.09. The zero-order valence-electron chi connectivity index (χ0n) is 18.4. The van der Waals surface area contributed by atoms with Gasteiger partial charge in [0.05, 0.1) is 0 Å². The smallest absolute Gasteiger partial charge is 0.242 e. The molecule has 1 aliphatic rings. The summed E-state index contributed by atoms with van der Waals surface area (Å²) >= 11 is 13.7. The van der Waals surface area contributed by atoms with E-state index >= 15 is 0 Å². The molecule has 0 bridgehead atoms. The van der Waals surface area contributed by atoms with Crippen LogP contribution in [-0.2, 0) is 16.1 Å². The Bertz CT molecular complexity index is 901. The number of halogens is 2. The molecule has 172 valence electrons. The van der Waals surface area contributed by atoms with Crippen LogP contribution in [0.4, 0.5) is 0 Å². The molecule has 0 saturated heterocycles. The maximum atomic E-state index is 13.2. The highest BCUT2D eigenvalue weighted by atomic mass is 35.5. The molecule has 1 fully saturated rings. The van der Waals surface area contributed by atoms with Crippen LogP contribution in [0, 0.1) is 0 Å². The van der Waals surface area contributed by atoms with Gasteiger partial charge in [-0.05, 0) is 61.7 Å².